The standard InChI is InChI=1S/C10H15NO2/c1-7(2)8(11)6-9(12)10-4-3-5-13-10/h3-5,7-8H,6,11H2,1-2H3. The van der Waals surface area contributed by atoms with E-state index in [1.165, 1.54) is 6.26 Å². The lowest BCUT2D eigenvalue weighted by atomic mass is 9.99. The number of rotatable bonds is 4. The molecule has 1 aromatic rings. The fourth-order valence-electron chi connectivity index (χ4n) is 0.988. The van der Waals surface area contributed by atoms with Crippen molar-refractivity contribution in [3.05, 3.63) is 24.2 Å². The highest BCUT2D eigenvalue weighted by Gasteiger charge is 2.15. The topological polar surface area (TPSA) is 56.2 Å². The van der Waals surface area contributed by atoms with Gasteiger partial charge in [0.25, 0.3) is 0 Å². The minimum atomic E-state index is -0.0856. The van der Waals surface area contributed by atoms with Crippen LogP contribution in [0.1, 0.15) is 30.8 Å². The van der Waals surface area contributed by atoms with Gasteiger partial charge in [-0.2, -0.15) is 0 Å². The number of ketones is 1. The van der Waals surface area contributed by atoms with Gasteiger partial charge in [0.05, 0.1) is 6.26 Å². The molecule has 0 spiro atoms. The SMILES string of the molecule is CC(C)C(N)CC(=O)c1ccco1. The van der Waals surface area contributed by atoms with Crippen LogP contribution in [0.5, 0.6) is 0 Å². The van der Waals surface area contributed by atoms with Crippen LogP contribution < -0.4 is 5.73 Å². The molecular formula is C10H15NO2. The average Bonchev–Trinajstić information content (AvgIpc) is 2.55. The summed E-state index contributed by atoms with van der Waals surface area (Å²) in [6.45, 7) is 4.00. The summed E-state index contributed by atoms with van der Waals surface area (Å²) < 4.78 is 4.97. The van der Waals surface area contributed by atoms with Crippen LogP contribution in [0.3, 0.4) is 0 Å². The number of furan rings is 1. The third kappa shape index (κ3) is 2.70. The molecule has 1 unspecified atom stereocenters. The molecule has 0 amide bonds. The minimum Gasteiger partial charge on any atom is -0.461 e. The van der Waals surface area contributed by atoms with E-state index in [0.717, 1.165) is 0 Å². The van der Waals surface area contributed by atoms with E-state index in [4.69, 9.17) is 10.2 Å². The first-order valence-corrected chi connectivity index (χ1v) is 4.43. The van der Waals surface area contributed by atoms with Crippen molar-refractivity contribution in [3.8, 4) is 0 Å². The van der Waals surface area contributed by atoms with E-state index in [1.807, 2.05) is 13.8 Å². The summed E-state index contributed by atoms with van der Waals surface area (Å²) in [6, 6.07) is 3.28. The lowest BCUT2D eigenvalue weighted by molar-refractivity contribution is 0.0940. The summed E-state index contributed by atoms with van der Waals surface area (Å²) >= 11 is 0. The minimum absolute atomic E-state index is 0.0220. The van der Waals surface area contributed by atoms with Gasteiger partial charge in [-0.3, -0.25) is 4.79 Å². The Morgan fingerprint density at radius 3 is 2.77 bits per heavy atom. The second kappa shape index (κ2) is 4.23. The zero-order valence-corrected chi connectivity index (χ0v) is 7.99. The summed E-state index contributed by atoms with van der Waals surface area (Å²) in [5.74, 6) is 0.696. The second-order valence-corrected chi connectivity index (χ2v) is 3.51. The van der Waals surface area contributed by atoms with Crippen LogP contribution >= 0.6 is 0 Å². The Kier molecular flexibility index (Phi) is 3.25. The molecule has 0 aromatic carbocycles. The third-order valence-electron chi connectivity index (χ3n) is 2.07. The maximum absolute atomic E-state index is 11.4. The predicted octanol–water partition coefficient (Wildman–Crippen LogP) is 1.84. The van der Waals surface area contributed by atoms with Crippen LogP contribution in [0.15, 0.2) is 22.8 Å². The molecule has 0 aliphatic heterocycles. The van der Waals surface area contributed by atoms with Crippen molar-refractivity contribution in [2.24, 2.45) is 11.7 Å². The molecule has 13 heavy (non-hydrogen) atoms. The van der Waals surface area contributed by atoms with Gasteiger partial charge in [0.1, 0.15) is 0 Å². The summed E-state index contributed by atoms with van der Waals surface area (Å²) in [7, 11) is 0. The first kappa shape index (κ1) is 9.99. The van der Waals surface area contributed by atoms with Gasteiger partial charge in [-0.25, -0.2) is 0 Å². The molecule has 0 saturated heterocycles. The number of carbonyl (C=O) groups excluding carboxylic acids is 1. The fourth-order valence-corrected chi connectivity index (χ4v) is 0.988. The molecule has 0 aliphatic carbocycles. The molecule has 0 radical (unpaired) electrons. The molecular weight excluding hydrogens is 166 g/mol. The van der Waals surface area contributed by atoms with E-state index in [-0.39, 0.29) is 11.8 Å². The van der Waals surface area contributed by atoms with Crippen LogP contribution in [-0.4, -0.2) is 11.8 Å². The van der Waals surface area contributed by atoms with Crippen LogP contribution in [0.25, 0.3) is 0 Å². The van der Waals surface area contributed by atoms with Gasteiger partial charge >= 0.3 is 0 Å². The van der Waals surface area contributed by atoms with E-state index in [1.54, 1.807) is 12.1 Å². The average molecular weight is 181 g/mol. The number of carbonyl (C=O) groups is 1. The summed E-state index contributed by atoms with van der Waals surface area (Å²) in [4.78, 5) is 11.4. The van der Waals surface area contributed by atoms with E-state index in [0.29, 0.717) is 18.1 Å². The normalized spacial score (nSPS) is 13.2. The van der Waals surface area contributed by atoms with Gasteiger partial charge < -0.3 is 10.2 Å². The zero-order chi connectivity index (χ0) is 9.84. The Balaban J connectivity index is 2.52. The van der Waals surface area contributed by atoms with E-state index >= 15 is 0 Å². The predicted molar refractivity (Wildman–Crippen MR) is 50.5 cm³/mol. The molecule has 72 valence electrons. The van der Waals surface area contributed by atoms with Crippen LogP contribution in [-0.2, 0) is 0 Å². The molecule has 0 saturated carbocycles. The highest BCUT2D eigenvalue weighted by atomic mass is 16.3. The van der Waals surface area contributed by atoms with Crippen molar-refractivity contribution in [2.45, 2.75) is 26.3 Å². The van der Waals surface area contributed by atoms with Gasteiger partial charge in [-0.1, -0.05) is 13.8 Å². The van der Waals surface area contributed by atoms with Crippen molar-refractivity contribution in [2.75, 3.05) is 0 Å². The largest absolute Gasteiger partial charge is 0.461 e. The van der Waals surface area contributed by atoms with Gasteiger partial charge in [0.15, 0.2) is 11.5 Å². The van der Waals surface area contributed by atoms with Crippen molar-refractivity contribution < 1.29 is 9.21 Å². The van der Waals surface area contributed by atoms with E-state index < -0.39 is 0 Å². The maximum atomic E-state index is 11.4. The van der Waals surface area contributed by atoms with Crippen LogP contribution in [0.2, 0.25) is 0 Å². The van der Waals surface area contributed by atoms with Crippen molar-refractivity contribution >= 4 is 5.78 Å². The Labute approximate surface area is 77.9 Å². The first-order valence-electron chi connectivity index (χ1n) is 4.43. The van der Waals surface area contributed by atoms with Crippen molar-refractivity contribution in [3.63, 3.8) is 0 Å². The summed E-state index contributed by atoms with van der Waals surface area (Å²) in [5, 5.41) is 0. The van der Waals surface area contributed by atoms with Gasteiger partial charge in [-0.05, 0) is 18.1 Å². The monoisotopic (exact) mass is 181 g/mol. The van der Waals surface area contributed by atoms with Crippen molar-refractivity contribution in [1.82, 2.24) is 0 Å². The smallest absolute Gasteiger partial charge is 0.199 e. The van der Waals surface area contributed by atoms with Gasteiger partial charge in [-0.15, -0.1) is 0 Å². The molecule has 3 nitrogen and oxygen atoms in total. The van der Waals surface area contributed by atoms with E-state index in [9.17, 15) is 4.79 Å². The Bertz CT molecular complexity index is 264. The zero-order valence-electron chi connectivity index (χ0n) is 7.99. The molecule has 3 heteroatoms. The Morgan fingerprint density at radius 2 is 2.31 bits per heavy atom. The highest BCUT2D eigenvalue weighted by molar-refractivity contribution is 5.93. The van der Waals surface area contributed by atoms with Gasteiger partial charge in [0.2, 0.25) is 0 Å². The molecule has 0 aliphatic rings. The lowest BCUT2D eigenvalue weighted by Gasteiger charge is -2.13. The summed E-state index contributed by atoms with van der Waals surface area (Å²) in [6.07, 6.45) is 1.85. The maximum Gasteiger partial charge on any atom is 0.199 e. The number of hydrogen-bond acceptors (Lipinski definition) is 3. The fraction of sp³-hybridized carbons (Fsp3) is 0.500. The van der Waals surface area contributed by atoms with Crippen LogP contribution in [0.4, 0.5) is 0 Å². The number of hydrogen-bond donors (Lipinski definition) is 1. The molecule has 1 atom stereocenters. The Morgan fingerprint density at radius 1 is 1.62 bits per heavy atom. The molecule has 2 N–H and O–H groups in total. The molecule has 0 fully saturated rings. The van der Waals surface area contributed by atoms with Crippen molar-refractivity contribution in [1.29, 1.82) is 0 Å². The molecule has 1 aromatic heterocycles. The molecule has 1 rings (SSSR count). The molecule has 0 bridgehead atoms. The first-order chi connectivity index (χ1) is 6.11. The number of nitrogens with two attached hydrogens (primary N) is 1. The number of Topliss-reactive ketones (excluding diaryl/α,β-unsaturated/α-hetero) is 1. The second-order valence-electron chi connectivity index (χ2n) is 3.51. The quantitative estimate of drug-likeness (QED) is 0.721. The van der Waals surface area contributed by atoms with E-state index in [2.05, 4.69) is 0 Å². The lowest BCUT2D eigenvalue weighted by Crippen LogP contribution is -2.29. The Hall–Kier alpha value is -1.09. The molecule has 1 heterocycles. The third-order valence-corrected chi connectivity index (χ3v) is 2.07. The van der Waals surface area contributed by atoms with Crippen LogP contribution in [0, 0.1) is 5.92 Å². The van der Waals surface area contributed by atoms with Gasteiger partial charge in [0, 0.05) is 12.5 Å². The summed E-state index contributed by atoms with van der Waals surface area (Å²) in [5.41, 5.74) is 5.76. The highest BCUT2D eigenvalue weighted by Crippen LogP contribution is 2.09.